The largest absolute Gasteiger partial charge is 0.497 e. The van der Waals surface area contributed by atoms with Crippen LogP contribution in [0.25, 0.3) is 0 Å². The molecule has 1 aromatic heterocycles. The highest BCUT2D eigenvalue weighted by atomic mass is 32.2. The second kappa shape index (κ2) is 8.38. The lowest BCUT2D eigenvalue weighted by molar-refractivity contribution is -0.119. The van der Waals surface area contributed by atoms with Crippen molar-refractivity contribution in [2.45, 2.75) is 43.3 Å². The van der Waals surface area contributed by atoms with Crippen molar-refractivity contribution in [3.63, 3.8) is 0 Å². The molecule has 0 unspecified atom stereocenters. The number of rotatable bonds is 7. The van der Waals surface area contributed by atoms with Crippen LogP contribution >= 0.6 is 11.8 Å². The molecule has 1 saturated carbocycles. The van der Waals surface area contributed by atoms with Gasteiger partial charge in [-0.3, -0.25) is 4.79 Å². The Balaban J connectivity index is 1.53. The van der Waals surface area contributed by atoms with Crippen molar-refractivity contribution >= 4 is 17.7 Å². The van der Waals surface area contributed by atoms with E-state index in [4.69, 9.17) is 4.74 Å². The average molecular weight is 360 g/mol. The van der Waals surface area contributed by atoms with Gasteiger partial charge in [0.25, 0.3) is 0 Å². The Kier molecular flexibility index (Phi) is 5.96. The lowest BCUT2D eigenvalue weighted by Crippen LogP contribution is -2.33. The lowest BCUT2D eigenvalue weighted by atomic mass is 10.1. The van der Waals surface area contributed by atoms with Crippen molar-refractivity contribution in [3.05, 3.63) is 35.7 Å². The minimum Gasteiger partial charge on any atom is -0.497 e. The van der Waals surface area contributed by atoms with Gasteiger partial charge in [-0.2, -0.15) is 0 Å². The molecular weight excluding hydrogens is 336 g/mol. The van der Waals surface area contributed by atoms with Gasteiger partial charge in [-0.1, -0.05) is 36.7 Å². The number of ether oxygens (including phenoxy) is 1. The van der Waals surface area contributed by atoms with E-state index in [1.807, 2.05) is 35.9 Å². The maximum Gasteiger partial charge on any atom is 0.230 e. The number of hydrogen-bond acceptors (Lipinski definition) is 5. The normalized spacial score (nSPS) is 14.6. The van der Waals surface area contributed by atoms with Crippen LogP contribution in [0.2, 0.25) is 0 Å². The van der Waals surface area contributed by atoms with Gasteiger partial charge in [0.15, 0.2) is 5.16 Å². The fraction of sp³-hybridized carbons (Fsp3) is 0.500. The molecule has 0 atom stereocenters. The van der Waals surface area contributed by atoms with Crippen LogP contribution in [-0.4, -0.2) is 39.6 Å². The molecule has 1 N–H and O–H groups in total. The third-order valence-electron chi connectivity index (χ3n) is 4.50. The Morgan fingerprint density at radius 2 is 2.00 bits per heavy atom. The summed E-state index contributed by atoms with van der Waals surface area (Å²) in [6, 6.07) is 8.28. The number of hydrogen-bond donors (Lipinski definition) is 1. The van der Waals surface area contributed by atoms with Crippen LogP contribution in [0.4, 0.5) is 0 Å². The molecule has 1 amide bonds. The zero-order chi connectivity index (χ0) is 17.6. The van der Waals surface area contributed by atoms with Gasteiger partial charge < -0.3 is 14.6 Å². The first-order valence-corrected chi connectivity index (χ1v) is 9.57. The predicted molar refractivity (Wildman–Crippen MR) is 97.9 cm³/mol. The first-order chi connectivity index (χ1) is 12.2. The topological polar surface area (TPSA) is 69.0 Å². The molecule has 0 saturated heterocycles. The molecule has 1 heterocycles. The van der Waals surface area contributed by atoms with Crippen molar-refractivity contribution in [2.75, 3.05) is 12.9 Å². The molecular formula is C18H24N4O2S. The molecule has 1 aliphatic carbocycles. The Hall–Kier alpha value is -2.02. The molecule has 25 heavy (non-hydrogen) atoms. The average Bonchev–Trinajstić information content (AvgIpc) is 3.25. The number of carbonyl (C=O) groups is 1. The van der Waals surface area contributed by atoms with Gasteiger partial charge in [0, 0.05) is 19.5 Å². The molecule has 0 bridgehead atoms. The van der Waals surface area contributed by atoms with Crippen LogP contribution in [0.15, 0.2) is 29.4 Å². The summed E-state index contributed by atoms with van der Waals surface area (Å²) in [4.78, 5) is 12.0. The van der Waals surface area contributed by atoms with E-state index < -0.39 is 0 Å². The Morgan fingerprint density at radius 1 is 1.28 bits per heavy atom. The van der Waals surface area contributed by atoms with Crippen LogP contribution in [-0.2, 0) is 18.3 Å². The van der Waals surface area contributed by atoms with E-state index in [1.54, 1.807) is 7.11 Å². The highest BCUT2D eigenvalue weighted by Gasteiger charge is 2.18. The summed E-state index contributed by atoms with van der Waals surface area (Å²) in [6.45, 7) is 0. The zero-order valence-corrected chi connectivity index (χ0v) is 15.5. The van der Waals surface area contributed by atoms with Crippen molar-refractivity contribution in [1.82, 2.24) is 20.1 Å². The highest BCUT2D eigenvalue weighted by Crippen LogP contribution is 2.20. The maximum absolute atomic E-state index is 12.0. The van der Waals surface area contributed by atoms with Gasteiger partial charge in [-0.05, 0) is 30.5 Å². The molecule has 1 fully saturated rings. The molecule has 0 radical (unpaired) electrons. The van der Waals surface area contributed by atoms with Gasteiger partial charge in [-0.25, -0.2) is 0 Å². The van der Waals surface area contributed by atoms with Crippen molar-refractivity contribution in [2.24, 2.45) is 7.05 Å². The quantitative estimate of drug-likeness (QED) is 0.769. The number of methoxy groups -OCH3 is 1. The molecule has 3 rings (SSSR count). The van der Waals surface area contributed by atoms with Gasteiger partial charge in [-0.15, -0.1) is 10.2 Å². The summed E-state index contributed by atoms with van der Waals surface area (Å²) in [5.74, 6) is 2.18. The highest BCUT2D eigenvalue weighted by molar-refractivity contribution is 7.99. The molecule has 2 aromatic rings. The number of carbonyl (C=O) groups excluding carboxylic acids is 1. The van der Waals surface area contributed by atoms with Gasteiger partial charge >= 0.3 is 0 Å². The summed E-state index contributed by atoms with van der Waals surface area (Å²) < 4.78 is 7.13. The standard InChI is InChI=1S/C18H24N4O2S/c1-22-16(11-13-7-9-15(24-2)10-8-13)20-21-18(22)25-12-17(23)19-14-5-3-4-6-14/h7-10,14H,3-6,11-12H2,1-2H3,(H,19,23). The number of amides is 1. The number of thioether (sulfide) groups is 1. The van der Waals surface area contributed by atoms with Crippen molar-refractivity contribution < 1.29 is 9.53 Å². The summed E-state index contributed by atoms with van der Waals surface area (Å²) in [5.41, 5.74) is 1.15. The van der Waals surface area contributed by atoms with Gasteiger partial charge in [0.05, 0.1) is 12.9 Å². The Bertz CT molecular complexity index is 708. The second-order valence-corrected chi connectivity index (χ2v) is 7.26. The summed E-state index contributed by atoms with van der Waals surface area (Å²) >= 11 is 1.43. The SMILES string of the molecule is COc1ccc(Cc2nnc(SCC(=O)NC3CCCC3)n2C)cc1. The van der Waals surface area contributed by atoms with Crippen LogP contribution in [0, 0.1) is 0 Å². The van der Waals surface area contributed by atoms with Crippen LogP contribution in [0.1, 0.15) is 37.1 Å². The third-order valence-corrected chi connectivity index (χ3v) is 5.52. The minimum atomic E-state index is 0.0802. The first-order valence-electron chi connectivity index (χ1n) is 8.59. The molecule has 0 spiro atoms. The summed E-state index contributed by atoms with van der Waals surface area (Å²) in [6.07, 6.45) is 5.34. The second-order valence-electron chi connectivity index (χ2n) is 6.32. The zero-order valence-electron chi connectivity index (χ0n) is 14.7. The fourth-order valence-corrected chi connectivity index (χ4v) is 3.76. The fourth-order valence-electron chi connectivity index (χ4n) is 3.02. The van der Waals surface area contributed by atoms with E-state index in [-0.39, 0.29) is 5.91 Å². The van der Waals surface area contributed by atoms with Gasteiger partial charge in [0.1, 0.15) is 11.6 Å². The van der Waals surface area contributed by atoms with Crippen LogP contribution < -0.4 is 10.1 Å². The van der Waals surface area contributed by atoms with E-state index >= 15 is 0 Å². The monoisotopic (exact) mass is 360 g/mol. The van der Waals surface area contributed by atoms with E-state index in [0.29, 0.717) is 18.2 Å². The Morgan fingerprint density at radius 3 is 2.68 bits per heavy atom. The molecule has 1 aliphatic rings. The number of aromatic nitrogens is 3. The molecule has 6 nitrogen and oxygen atoms in total. The van der Waals surface area contributed by atoms with Crippen molar-refractivity contribution in [3.8, 4) is 5.75 Å². The number of nitrogens with one attached hydrogen (secondary N) is 1. The van der Waals surface area contributed by atoms with E-state index in [0.717, 1.165) is 35.1 Å². The van der Waals surface area contributed by atoms with Crippen molar-refractivity contribution in [1.29, 1.82) is 0 Å². The number of nitrogens with zero attached hydrogens (tertiary/aromatic N) is 3. The van der Waals surface area contributed by atoms with Crippen LogP contribution in [0.3, 0.4) is 0 Å². The molecule has 0 aliphatic heterocycles. The minimum absolute atomic E-state index is 0.0802. The lowest BCUT2D eigenvalue weighted by Gasteiger charge is -2.11. The maximum atomic E-state index is 12.0. The van der Waals surface area contributed by atoms with Gasteiger partial charge in [0.2, 0.25) is 5.91 Å². The number of benzene rings is 1. The third kappa shape index (κ3) is 4.75. The van der Waals surface area contributed by atoms with E-state index in [9.17, 15) is 4.79 Å². The predicted octanol–water partition coefficient (Wildman–Crippen LogP) is 2.57. The summed E-state index contributed by atoms with van der Waals surface area (Å²) in [5, 5.41) is 12.4. The first kappa shape index (κ1) is 17.8. The van der Waals surface area contributed by atoms with E-state index in [1.165, 1.54) is 24.6 Å². The smallest absolute Gasteiger partial charge is 0.230 e. The van der Waals surface area contributed by atoms with Crippen LogP contribution in [0.5, 0.6) is 5.75 Å². The van der Waals surface area contributed by atoms with E-state index in [2.05, 4.69) is 15.5 Å². The molecule has 7 heteroatoms. The molecule has 134 valence electrons. The summed E-state index contributed by atoms with van der Waals surface area (Å²) in [7, 11) is 3.60. The molecule has 1 aromatic carbocycles. The Labute approximate surface area is 152 Å².